The van der Waals surface area contributed by atoms with Crippen molar-refractivity contribution in [2.24, 2.45) is 0 Å². The highest BCUT2D eigenvalue weighted by Crippen LogP contribution is 2.30. The van der Waals surface area contributed by atoms with E-state index in [9.17, 15) is 14.4 Å². The number of hydrogen-bond donors (Lipinski definition) is 1. The van der Waals surface area contributed by atoms with Gasteiger partial charge in [-0.15, -0.1) is 11.3 Å². The molecule has 0 aliphatic carbocycles. The maximum Gasteiger partial charge on any atom is 0.261 e. The minimum Gasteiger partial charge on any atom is -0.302 e. The first-order valence-corrected chi connectivity index (χ1v) is 11.6. The number of carbonyl (C=O) groups is 3. The van der Waals surface area contributed by atoms with Crippen LogP contribution in [0.1, 0.15) is 56.8 Å². The Bertz CT molecular complexity index is 1130. The van der Waals surface area contributed by atoms with Crippen molar-refractivity contribution in [1.82, 2.24) is 9.88 Å². The molecular formula is C25H25N3O3S. The van der Waals surface area contributed by atoms with Crippen LogP contribution in [-0.2, 0) is 4.79 Å². The quantitative estimate of drug-likeness (QED) is 0.379. The number of anilines is 1. The van der Waals surface area contributed by atoms with Gasteiger partial charge < -0.3 is 5.32 Å². The fourth-order valence-corrected chi connectivity index (χ4v) is 4.64. The lowest BCUT2D eigenvalue weighted by Gasteiger charge is -2.13. The van der Waals surface area contributed by atoms with Gasteiger partial charge in [-0.2, -0.15) is 0 Å². The van der Waals surface area contributed by atoms with Crippen molar-refractivity contribution in [2.45, 2.75) is 39.5 Å². The predicted octanol–water partition coefficient (Wildman–Crippen LogP) is 5.22. The van der Waals surface area contributed by atoms with Gasteiger partial charge >= 0.3 is 0 Å². The summed E-state index contributed by atoms with van der Waals surface area (Å²) in [5, 5.41) is 3.50. The van der Waals surface area contributed by atoms with Gasteiger partial charge in [0.25, 0.3) is 11.8 Å². The molecule has 0 fully saturated rings. The predicted molar refractivity (Wildman–Crippen MR) is 126 cm³/mol. The molecule has 0 radical (unpaired) electrons. The number of carbonyl (C=O) groups excluding carboxylic acids is 3. The van der Waals surface area contributed by atoms with Crippen molar-refractivity contribution < 1.29 is 14.4 Å². The topological polar surface area (TPSA) is 79.4 Å². The SMILES string of the molecule is Cc1ccc(-c2nc(NC(=O)CCCCCN3C(=O)c4ccccc4C3=O)sc2C)cc1. The average Bonchev–Trinajstić information content (AvgIpc) is 3.26. The van der Waals surface area contributed by atoms with Gasteiger partial charge in [0.1, 0.15) is 0 Å². The van der Waals surface area contributed by atoms with Crippen molar-refractivity contribution in [3.8, 4) is 11.3 Å². The normalized spacial score (nSPS) is 12.9. The number of imide groups is 1. The highest BCUT2D eigenvalue weighted by atomic mass is 32.1. The van der Waals surface area contributed by atoms with Crippen LogP contribution in [0.5, 0.6) is 0 Å². The number of aromatic nitrogens is 1. The van der Waals surface area contributed by atoms with E-state index in [0.717, 1.165) is 22.6 Å². The van der Waals surface area contributed by atoms with Crippen LogP contribution in [0.25, 0.3) is 11.3 Å². The molecule has 32 heavy (non-hydrogen) atoms. The highest BCUT2D eigenvalue weighted by molar-refractivity contribution is 7.16. The summed E-state index contributed by atoms with van der Waals surface area (Å²) >= 11 is 1.47. The zero-order chi connectivity index (χ0) is 22.7. The monoisotopic (exact) mass is 447 g/mol. The Morgan fingerprint density at radius 2 is 1.59 bits per heavy atom. The maximum atomic E-state index is 12.4. The minimum atomic E-state index is -0.230. The third kappa shape index (κ3) is 4.62. The minimum absolute atomic E-state index is 0.0741. The van der Waals surface area contributed by atoms with Crippen LogP contribution >= 0.6 is 11.3 Å². The van der Waals surface area contributed by atoms with Crippen LogP contribution in [0.4, 0.5) is 5.13 Å². The number of aryl methyl sites for hydroxylation is 2. The summed E-state index contributed by atoms with van der Waals surface area (Å²) in [6.45, 7) is 4.42. The molecule has 164 valence electrons. The summed E-state index contributed by atoms with van der Waals surface area (Å²) in [5.74, 6) is -0.534. The van der Waals surface area contributed by atoms with Gasteiger partial charge in [0.05, 0.1) is 16.8 Å². The lowest BCUT2D eigenvalue weighted by atomic mass is 10.1. The molecule has 2 heterocycles. The first-order valence-electron chi connectivity index (χ1n) is 10.7. The molecule has 7 heteroatoms. The second-order valence-corrected chi connectivity index (χ2v) is 9.16. The fourth-order valence-electron chi connectivity index (χ4n) is 3.79. The Morgan fingerprint density at radius 1 is 0.938 bits per heavy atom. The van der Waals surface area contributed by atoms with Crippen molar-refractivity contribution in [3.05, 3.63) is 70.1 Å². The molecule has 1 aliphatic rings. The standard InChI is InChI=1S/C25H25N3O3S/c1-16-11-13-18(14-12-16)22-17(2)32-25(27-22)26-21(29)10-4-3-7-15-28-23(30)19-8-5-6-9-20(19)24(28)31/h5-6,8-9,11-14H,3-4,7,10,15H2,1-2H3,(H,26,27,29). The van der Waals surface area contributed by atoms with Gasteiger partial charge in [-0.05, 0) is 38.8 Å². The van der Waals surface area contributed by atoms with Crippen LogP contribution in [-0.4, -0.2) is 34.2 Å². The molecule has 1 N–H and O–H groups in total. The number of nitrogens with zero attached hydrogens (tertiary/aromatic N) is 2. The van der Waals surface area contributed by atoms with E-state index in [2.05, 4.69) is 10.3 Å². The van der Waals surface area contributed by atoms with E-state index in [1.807, 2.05) is 38.1 Å². The Hall–Kier alpha value is -3.32. The fraction of sp³-hybridized carbons (Fsp3) is 0.280. The number of benzene rings is 2. The van der Waals surface area contributed by atoms with Gasteiger partial charge in [-0.1, -0.05) is 48.4 Å². The van der Waals surface area contributed by atoms with Gasteiger partial charge in [0.2, 0.25) is 5.91 Å². The van der Waals surface area contributed by atoms with Crippen LogP contribution < -0.4 is 5.32 Å². The molecule has 1 aromatic heterocycles. The second kappa shape index (κ2) is 9.44. The van der Waals surface area contributed by atoms with Gasteiger partial charge in [0.15, 0.2) is 5.13 Å². The Balaban J connectivity index is 1.22. The molecule has 1 aliphatic heterocycles. The zero-order valence-corrected chi connectivity index (χ0v) is 19.0. The first kappa shape index (κ1) is 21.9. The number of unbranched alkanes of at least 4 members (excludes halogenated alkanes) is 2. The van der Waals surface area contributed by atoms with E-state index in [1.165, 1.54) is 21.8 Å². The van der Waals surface area contributed by atoms with E-state index < -0.39 is 0 Å². The Kier molecular flexibility index (Phi) is 6.46. The molecule has 4 rings (SSSR count). The lowest BCUT2D eigenvalue weighted by molar-refractivity contribution is -0.116. The summed E-state index contributed by atoms with van der Waals surface area (Å²) in [6, 6.07) is 15.1. The molecule has 0 saturated carbocycles. The second-order valence-electron chi connectivity index (χ2n) is 7.96. The Morgan fingerprint density at radius 3 is 2.25 bits per heavy atom. The molecule has 0 spiro atoms. The molecular weight excluding hydrogens is 422 g/mol. The molecule has 0 unspecified atom stereocenters. The number of nitrogens with one attached hydrogen (secondary N) is 1. The van der Waals surface area contributed by atoms with E-state index in [1.54, 1.807) is 24.3 Å². The number of thiazole rings is 1. The molecule has 0 bridgehead atoms. The summed E-state index contributed by atoms with van der Waals surface area (Å²) in [7, 11) is 0. The van der Waals surface area contributed by atoms with Gasteiger partial charge in [-0.3, -0.25) is 19.3 Å². The lowest BCUT2D eigenvalue weighted by Crippen LogP contribution is -2.30. The van der Waals surface area contributed by atoms with Crippen LogP contribution in [0, 0.1) is 13.8 Å². The number of rotatable bonds is 8. The smallest absolute Gasteiger partial charge is 0.261 e. The van der Waals surface area contributed by atoms with E-state index in [-0.39, 0.29) is 17.7 Å². The van der Waals surface area contributed by atoms with Crippen LogP contribution in [0.15, 0.2) is 48.5 Å². The largest absolute Gasteiger partial charge is 0.302 e. The van der Waals surface area contributed by atoms with Gasteiger partial charge in [0, 0.05) is 23.4 Å². The summed E-state index contributed by atoms with van der Waals surface area (Å²) in [4.78, 5) is 44.0. The van der Waals surface area contributed by atoms with Crippen molar-refractivity contribution >= 4 is 34.2 Å². The van der Waals surface area contributed by atoms with Crippen LogP contribution in [0.3, 0.4) is 0 Å². The summed E-state index contributed by atoms with van der Waals surface area (Å²) in [6.07, 6.45) is 2.49. The van der Waals surface area contributed by atoms with Crippen molar-refractivity contribution in [3.63, 3.8) is 0 Å². The molecule has 3 amide bonds. The van der Waals surface area contributed by atoms with E-state index in [4.69, 9.17) is 0 Å². The Labute approximate surface area is 191 Å². The molecule has 2 aromatic carbocycles. The number of hydrogen-bond acceptors (Lipinski definition) is 5. The number of amides is 3. The third-order valence-corrected chi connectivity index (χ3v) is 6.42. The molecule has 0 saturated heterocycles. The van der Waals surface area contributed by atoms with Gasteiger partial charge in [-0.25, -0.2) is 4.98 Å². The summed E-state index contributed by atoms with van der Waals surface area (Å²) < 4.78 is 0. The maximum absolute atomic E-state index is 12.4. The third-order valence-electron chi connectivity index (χ3n) is 5.53. The van der Waals surface area contributed by atoms with E-state index in [0.29, 0.717) is 42.1 Å². The molecule has 6 nitrogen and oxygen atoms in total. The average molecular weight is 448 g/mol. The highest BCUT2D eigenvalue weighted by Gasteiger charge is 2.34. The van der Waals surface area contributed by atoms with Crippen molar-refractivity contribution in [2.75, 3.05) is 11.9 Å². The molecule has 3 aromatic rings. The van der Waals surface area contributed by atoms with Crippen LogP contribution in [0.2, 0.25) is 0 Å². The number of fused-ring (bicyclic) bond motifs is 1. The first-order chi connectivity index (χ1) is 15.4. The molecule has 0 atom stereocenters. The summed E-state index contributed by atoms with van der Waals surface area (Å²) in [5.41, 5.74) is 4.07. The van der Waals surface area contributed by atoms with Crippen molar-refractivity contribution in [1.29, 1.82) is 0 Å². The zero-order valence-electron chi connectivity index (χ0n) is 18.2. The van der Waals surface area contributed by atoms with E-state index >= 15 is 0 Å².